The van der Waals surface area contributed by atoms with Gasteiger partial charge in [0.2, 0.25) is 5.91 Å². The van der Waals surface area contributed by atoms with Gasteiger partial charge in [0, 0.05) is 31.0 Å². The summed E-state index contributed by atoms with van der Waals surface area (Å²) in [6.07, 6.45) is 4.77. The number of likely N-dealkylation sites (tertiary alicyclic amines) is 2. The molecular formula is C21H25N3O3. The first kappa shape index (κ1) is 18.0. The number of benzene rings is 1. The fourth-order valence-corrected chi connectivity index (χ4v) is 4.37. The molecule has 4 rings (SSSR count). The van der Waals surface area contributed by atoms with Crippen molar-refractivity contribution in [1.29, 1.82) is 5.26 Å². The fourth-order valence-electron chi connectivity index (χ4n) is 4.37. The third-order valence-corrected chi connectivity index (χ3v) is 6.02. The van der Waals surface area contributed by atoms with Gasteiger partial charge in [0.15, 0.2) is 0 Å². The minimum Gasteiger partial charge on any atom is -0.371 e. The summed E-state index contributed by atoms with van der Waals surface area (Å²) in [5.41, 5.74) is 0.839. The van der Waals surface area contributed by atoms with E-state index in [1.807, 2.05) is 4.90 Å². The number of amides is 2. The number of nitriles is 1. The van der Waals surface area contributed by atoms with Crippen molar-refractivity contribution in [1.82, 2.24) is 9.80 Å². The van der Waals surface area contributed by atoms with Crippen LogP contribution in [-0.4, -0.2) is 60.0 Å². The topological polar surface area (TPSA) is 73.6 Å². The second kappa shape index (κ2) is 7.32. The molecule has 0 aromatic heterocycles. The van der Waals surface area contributed by atoms with E-state index in [1.165, 1.54) is 0 Å². The molecule has 0 aliphatic carbocycles. The Morgan fingerprint density at radius 3 is 2.89 bits per heavy atom. The minimum atomic E-state index is -0.217. The van der Waals surface area contributed by atoms with E-state index in [-0.39, 0.29) is 17.4 Å². The van der Waals surface area contributed by atoms with Gasteiger partial charge in [-0.25, -0.2) is 0 Å². The zero-order valence-electron chi connectivity index (χ0n) is 15.5. The van der Waals surface area contributed by atoms with Crippen LogP contribution in [0.2, 0.25) is 0 Å². The molecule has 1 spiro atoms. The van der Waals surface area contributed by atoms with Gasteiger partial charge in [0.25, 0.3) is 5.91 Å². The van der Waals surface area contributed by atoms with Crippen LogP contribution in [0.3, 0.4) is 0 Å². The smallest absolute Gasteiger partial charge is 0.254 e. The number of ether oxygens (including phenoxy) is 1. The van der Waals surface area contributed by atoms with Gasteiger partial charge < -0.3 is 14.5 Å². The van der Waals surface area contributed by atoms with Gasteiger partial charge >= 0.3 is 0 Å². The van der Waals surface area contributed by atoms with Crippen molar-refractivity contribution in [2.45, 2.75) is 37.7 Å². The lowest BCUT2D eigenvalue weighted by atomic mass is 9.82. The van der Waals surface area contributed by atoms with Gasteiger partial charge in [-0.1, -0.05) is 6.07 Å². The summed E-state index contributed by atoms with van der Waals surface area (Å²) in [5.74, 6) is 0.638. The van der Waals surface area contributed by atoms with E-state index in [1.54, 1.807) is 29.2 Å². The Morgan fingerprint density at radius 2 is 2.19 bits per heavy atom. The average Bonchev–Trinajstić information content (AvgIpc) is 2.68. The lowest BCUT2D eigenvalue weighted by molar-refractivity contribution is -0.170. The van der Waals surface area contributed by atoms with Gasteiger partial charge in [-0.3, -0.25) is 9.59 Å². The summed E-state index contributed by atoms with van der Waals surface area (Å²) in [6, 6.07) is 8.90. The Bertz CT molecular complexity index is 769. The molecule has 0 unspecified atom stereocenters. The van der Waals surface area contributed by atoms with Gasteiger partial charge in [-0.2, -0.15) is 5.26 Å². The predicted octanol–water partition coefficient (Wildman–Crippen LogP) is 2.19. The first-order valence-corrected chi connectivity index (χ1v) is 9.80. The molecule has 142 valence electrons. The van der Waals surface area contributed by atoms with E-state index in [2.05, 4.69) is 6.07 Å². The number of carbonyl (C=O) groups excluding carboxylic acids is 2. The summed E-state index contributed by atoms with van der Waals surface area (Å²) in [4.78, 5) is 28.4. The van der Waals surface area contributed by atoms with Crippen LogP contribution in [0.1, 0.15) is 48.0 Å². The van der Waals surface area contributed by atoms with Crippen molar-refractivity contribution in [3.63, 3.8) is 0 Å². The monoisotopic (exact) mass is 367 g/mol. The van der Waals surface area contributed by atoms with E-state index in [0.29, 0.717) is 43.2 Å². The molecule has 3 fully saturated rings. The van der Waals surface area contributed by atoms with Crippen LogP contribution < -0.4 is 0 Å². The summed E-state index contributed by atoms with van der Waals surface area (Å²) >= 11 is 0. The second-order valence-electron chi connectivity index (χ2n) is 8.05. The molecule has 1 atom stereocenters. The maximum absolute atomic E-state index is 12.6. The van der Waals surface area contributed by atoms with Crippen LogP contribution in [0, 0.1) is 17.2 Å². The molecule has 0 N–H and O–H groups in total. The van der Waals surface area contributed by atoms with Gasteiger partial charge in [-0.05, 0) is 43.9 Å². The normalized spacial score (nSPS) is 24.4. The number of piperidine rings is 1. The highest BCUT2D eigenvalue weighted by Crippen LogP contribution is 2.37. The molecule has 6 heteroatoms. The Labute approximate surface area is 159 Å². The fraction of sp³-hybridized carbons (Fsp3) is 0.571. The van der Waals surface area contributed by atoms with Crippen molar-refractivity contribution in [2.24, 2.45) is 5.92 Å². The van der Waals surface area contributed by atoms with E-state index in [4.69, 9.17) is 10.00 Å². The molecule has 1 aromatic carbocycles. The van der Waals surface area contributed by atoms with Crippen LogP contribution in [0.4, 0.5) is 0 Å². The highest BCUT2D eigenvalue weighted by atomic mass is 16.5. The number of rotatable bonds is 3. The molecule has 1 aromatic rings. The lowest BCUT2D eigenvalue weighted by Crippen LogP contribution is -2.66. The summed E-state index contributed by atoms with van der Waals surface area (Å²) in [6.45, 7) is 3.56. The number of hydrogen-bond donors (Lipinski definition) is 0. The first-order valence-electron chi connectivity index (χ1n) is 9.80. The molecule has 3 aliphatic rings. The molecule has 3 aliphatic heterocycles. The van der Waals surface area contributed by atoms with E-state index < -0.39 is 0 Å². The molecule has 3 heterocycles. The van der Waals surface area contributed by atoms with Crippen LogP contribution in [-0.2, 0) is 9.53 Å². The molecule has 2 amide bonds. The highest BCUT2D eigenvalue weighted by Gasteiger charge is 2.48. The Hall–Kier alpha value is -2.39. The van der Waals surface area contributed by atoms with Crippen LogP contribution >= 0.6 is 0 Å². The standard InChI is InChI=1S/C21H25N3O3/c22-11-16-4-3-5-18(10-16)20(26)24-14-21(15-24)8-7-17(13-27-21)12-23-9-2-1-6-19(23)25/h3-5,10,17H,1-2,6-9,12-15H2/t17-/m0/s1. The summed E-state index contributed by atoms with van der Waals surface area (Å²) in [5, 5.41) is 8.99. The molecule has 0 radical (unpaired) electrons. The van der Waals surface area contributed by atoms with Crippen LogP contribution in [0.5, 0.6) is 0 Å². The zero-order chi connectivity index (χ0) is 18.9. The minimum absolute atomic E-state index is 0.0395. The maximum Gasteiger partial charge on any atom is 0.254 e. The van der Waals surface area contributed by atoms with Gasteiger partial charge in [0.05, 0.1) is 31.3 Å². The van der Waals surface area contributed by atoms with Crippen molar-refractivity contribution in [2.75, 3.05) is 32.8 Å². The van der Waals surface area contributed by atoms with E-state index >= 15 is 0 Å². The van der Waals surface area contributed by atoms with E-state index in [9.17, 15) is 9.59 Å². The molecule has 27 heavy (non-hydrogen) atoms. The average molecular weight is 367 g/mol. The molecule has 3 saturated heterocycles. The summed E-state index contributed by atoms with van der Waals surface area (Å²) < 4.78 is 6.17. The Balaban J connectivity index is 1.27. The Morgan fingerprint density at radius 1 is 1.33 bits per heavy atom. The third-order valence-electron chi connectivity index (χ3n) is 6.02. The highest BCUT2D eigenvalue weighted by molar-refractivity contribution is 5.95. The van der Waals surface area contributed by atoms with Gasteiger partial charge in [-0.15, -0.1) is 0 Å². The van der Waals surface area contributed by atoms with Crippen LogP contribution in [0.15, 0.2) is 24.3 Å². The van der Waals surface area contributed by atoms with Crippen molar-refractivity contribution in [3.8, 4) is 6.07 Å². The van der Waals surface area contributed by atoms with Crippen molar-refractivity contribution in [3.05, 3.63) is 35.4 Å². The number of carbonyl (C=O) groups is 2. The largest absolute Gasteiger partial charge is 0.371 e. The van der Waals surface area contributed by atoms with E-state index in [0.717, 1.165) is 38.8 Å². The maximum atomic E-state index is 12.6. The quantitative estimate of drug-likeness (QED) is 0.821. The zero-order valence-corrected chi connectivity index (χ0v) is 15.5. The number of hydrogen-bond acceptors (Lipinski definition) is 4. The molecule has 6 nitrogen and oxygen atoms in total. The van der Waals surface area contributed by atoms with Gasteiger partial charge in [0.1, 0.15) is 5.60 Å². The SMILES string of the molecule is N#Cc1cccc(C(=O)N2CC3(CC[C@@H](CN4CCCCC4=O)CO3)C2)c1. The van der Waals surface area contributed by atoms with Crippen molar-refractivity contribution >= 4 is 11.8 Å². The van der Waals surface area contributed by atoms with Crippen molar-refractivity contribution < 1.29 is 14.3 Å². The lowest BCUT2D eigenvalue weighted by Gasteiger charge is -2.53. The molecular weight excluding hydrogens is 342 g/mol. The molecule has 0 bridgehead atoms. The second-order valence-corrected chi connectivity index (χ2v) is 8.05. The van der Waals surface area contributed by atoms with Crippen LogP contribution in [0.25, 0.3) is 0 Å². The summed E-state index contributed by atoms with van der Waals surface area (Å²) in [7, 11) is 0. The first-order chi connectivity index (χ1) is 13.1. The predicted molar refractivity (Wildman–Crippen MR) is 98.9 cm³/mol. The number of nitrogens with zero attached hydrogens (tertiary/aromatic N) is 3. The molecule has 0 saturated carbocycles. The Kier molecular flexibility index (Phi) is 4.88. The third kappa shape index (κ3) is 3.70.